The molecule has 2 aromatic rings. The largest absolute Gasteiger partial charge is 0.491 e. The molecule has 0 bridgehead atoms. The Morgan fingerprint density at radius 2 is 1.58 bits per heavy atom. The van der Waals surface area contributed by atoms with Crippen LogP contribution in [-0.4, -0.2) is 35.1 Å². The number of hydrogen-bond donors (Lipinski definition) is 1. The number of hydrogen-bond acceptors (Lipinski definition) is 3. The lowest BCUT2D eigenvalue weighted by molar-refractivity contribution is 0.0487. The maximum Gasteiger partial charge on any atom is 0.253 e. The van der Waals surface area contributed by atoms with Gasteiger partial charge in [0.1, 0.15) is 5.75 Å². The van der Waals surface area contributed by atoms with Gasteiger partial charge in [0.05, 0.1) is 18.2 Å². The zero-order valence-electron chi connectivity index (χ0n) is 14.6. The molecule has 0 fully saturated rings. The summed E-state index contributed by atoms with van der Waals surface area (Å²) >= 11 is 0. The molecule has 1 N–H and O–H groups in total. The van der Waals surface area contributed by atoms with Crippen LogP contribution in [-0.2, 0) is 0 Å². The topological polar surface area (TPSA) is 49.8 Å². The normalized spacial score (nSPS) is 13.4. The van der Waals surface area contributed by atoms with Gasteiger partial charge in [-0.3, -0.25) is 4.79 Å². The maximum absolute atomic E-state index is 12.6. The van der Waals surface area contributed by atoms with Crippen molar-refractivity contribution in [1.29, 1.82) is 0 Å². The van der Waals surface area contributed by atoms with Gasteiger partial charge >= 0.3 is 0 Å². The van der Waals surface area contributed by atoms with Crippen molar-refractivity contribution in [1.82, 2.24) is 4.90 Å². The average Bonchev–Trinajstić information content (AvgIpc) is 2.60. The fourth-order valence-electron chi connectivity index (χ4n) is 2.48. The highest BCUT2D eigenvalue weighted by Crippen LogP contribution is 2.22. The van der Waals surface area contributed by atoms with Crippen molar-refractivity contribution in [2.75, 3.05) is 7.05 Å². The molecule has 0 aromatic heterocycles. The molecule has 2 aromatic carbocycles. The Balaban J connectivity index is 2.08. The molecule has 4 nitrogen and oxygen atoms in total. The van der Waals surface area contributed by atoms with Crippen LogP contribution in [0.4, 0.5) is 0 Å². The second-order valence-electron chi connectivity index (χ2n) is 6.20. The van der Waals surface area contributed by atoms with Crippen LogP contribution in [0.2, 0.25) is 0 Å². The predicted octanol–water partition coefficient (Wildman–Crippen LogP) is 3.67. The standard InChI is InChI=1S/C20H25NO3/c1-14(2)24-18-12-10-17(11-13-18)20(23)21(4)15(3)19(22)16-8-6-5-7-9-16/h5-15,19,22H,1-4H3. The van der Waals surface area contributed by atoms with Crippen LogP contribution < -0.4 is 4.74 Å². The highest BCUT2D eigenvalue weighted by atomic mass is 16.5. The van der Waals surface area contributed by atoms with E-state index in [1.165, 1.54) is 0 Å². The minimum absolute atomic E-state index is 0.0928. The molecule has 0 aliphatic rings. The second-order valence-corrected chi connectivity index (χ2v) is 6.20. The van der Waals surface area contributed by atoms with E-state index in [0.29, 0.717) is 5.56 Å². The van der Waals surface area contributed by atoms with Crippen LogP contribution >= 0.6 is 0 Å². The summed E-state index contributed by atoms with van der Waals surface area (Å²) in [7, 11) is 1.71. The Kier molecular flexibility index (Phi) is 5.99. The Hall–Kier alpha value is -2.33. The van der Waals surface area contributed by atoms with Crippen molar-refractivity contribution in [3.63, 3.8) is 0 Å². The highest BCUT2D eigenvalue weighted by Gasteiger charge is 2.24. The number of carbonyl (C=O) groups is 1. The van der Waals surface area contributed by atoms with Crippen molar-refractivity contribution in [2.24, 2.45) is 0 Å². The molecule has 128 valence electrons. The molecule has 0 saturated carbocycles. The van der Waals surface area contributed by atoms with Gasteiger partial charge in [0.2, 0.25) is 0 Å². The monoisotopic (exact) mass is 327 g/mol. The maximum atomic E-state index is 12.6. The molecule has 0 heterocycles. The lowest BCUT2D eigenvalue weighted by Gasteiger charge is -2.29. The molecule has 0 saturated heterocycles. The summed E-state index contributed by atoms with van der Waals surface area (Å²) in [5.41, 5.74) is 1.37. The molecule has 2 unspecified atom stereocenters. The minimum Gasteiger partial charge on any atom is -0.491 e. The number of benzene rings is 2. The fraction of sp³-hybridized carbons (Fsp3) is 0.350. The first-order chi connectivity index (χ1) is 11.4. The number of aliphatic hydroxyl groups excluding tert-OH is 1. The third-order valence-electron chi connectivity index (χ3n) is 4.00. The number of amides is 1. The number of likely N-dealkylation sites (N-methyl/N-ethyl adjacent to an activating group) is 1. The van der Waals surface area contributed by atoms with Gasteiger partial charge in [0.15, 0.2) is 0 Å². The Morgan fingerprint density at radius 1 is 1.00 bits per heavy atom. The molecule has 0 aliphatic carbocycles. The molecule has 4 heteroatoms. The summed E-state index contributed by atoms with van der Waals surface area (Å²) < 4.78 is 5.59. The number of ether oxygens (including phenoxy) is 1. The Bertz CT molecular complexity index is 652. The van der Waals surface area contributed by atoms with Crippen LogP contribution in [0.5, 0.6) is 5.75 Å². The number of nitrogens with zero attached hydrogens (tertiary/aromatic N) is 1. The van der Waals surface area contributed by atoms with Crippen LogP contribution in [0.3, 0.4) is 0 Å². The average molecular weight is 327 g/mol. The third kappa shape index (κ3) is 4.36. The van der Waals surface area contributed by atoms with Crippen LogP contribution in [0.1, 0.15) is 42.8 Å². The number of aliphatic hydroxyl groups is 1. The summed E-state index contributed by atoms with van der Waals surface area (Å²) in [6, 6.07) is 16.1. The second kappa shape index (κ2) is 7.97. The first-order valence-electron chi connectivity index (χ1n) is 8.17. The van der Waals surface area contributed by atoms with Crippen LogP contribution in [0, 0.1) is 0 Å². The fourth-order valence-corrected chi connectivity index (χ4v) is 2.48. The van der Waals surface area contributed by atoms with E-state index >= 15 is 0 Å². The molecule has 0 aliphatic heterocycles. The lowest BCUT2D eigenvalue weighted by atomic mass is 10.0. The van der Waals surface area contributed by atoms with Gasteiger partial charge in [-0.1, -0.05) is 30.3 Å². The first-order valence-corrected chi connectivity index (χ1v) is 8.17. The van der Waals surface area contributed by atoms with Crippen molar-refractivity contribution in [3.8, 4) is 5.75 Å². The van der Waals surface area contributed by atoms with E-state index in [9.17, 15) is 9.90 Å². The zero-order chi connectivity index (χ0) is 17.7. The van der Waals surface area contributed by atoms with Crippen molar-refractivity contribution in [2.45, 2.75) is 39.0 Å². The number of rotatable bonds is 6. The van der Waals surface area contributed by atoms with E-state index in [1.54, 1.807) is 36.2 Å². The van der Waals surface area contributed by atoms with E-state index < -0.39 is 6.10 Å². The third-order valence-corrected chi connectivity index (χ3v) is 4.00. The highest BCUT2D eigenvalue weighted by molar-refractivity contribution is 5.94. The van der Waals surface area contributed by atoms with E-state index in [0.717, 1.165) is 11.3 Å². The Labute approximate surface area is 143 Å². The van der Waals surface area contributed by atoms with E-state index in [1.807, 2.05) is 51.1 Å². The minimum atomic E-state index is -0.733. The zero-order valence-corrected chi connectivity index (χ0v) is 14.6. The van der Waals surface area contributed by atoms with Gasteiger partial charge in [0, 0.05) is 12.6 Å². The molecule has 0 spiro atoms. The van der Waals surface area contributed by atoms with E-state index in [2.05, 4.69) is 0 Å². The summed E-state index contributed by atoms with van der Waals surface area (Å²) in [5, 5.41) is 10.5. The first kappa shape index (κ1) is 18.0. The van der Waals surface area contributed by atoms with Gasteiger partial charge < -0.3 is 14.7 Å². The SMILES string of the molecule is CC(C)Oc1ccc(C(=O)N(C)C(C)C(O)c2ccccc2)cc1. The molecule has 2 atom stereocenters. The molecule has 2 rings (SSSR count). The van der Waals surface area contributed by atoms with Crippen LogP contribution in [0.25, 0.3) is 0 Å². The number of carbonyl (C=O) groups excluding carboxylic acids is 1. The smallest absolute Gasteiger partial charge is 0.253 e. The molecule has 24 heavy (non-hydrogen) atoms. The Morgan fingerprint density at radius 3 is 2.12 bits per heavy atom. The summed E-state index contributed by atoms with van der Waals surface area (Å²) in [5.74, 6) is 0.607. The van der Waals surface area contributed by atoms with Gasteiger partial charge in [-0.2, -0.15) is 0 Å². The van der Waals surface area contributed by atoms with Crippen LogP contribution in [0.15, 0.2) is 54.6 Å². The molecular formula is C20H25NO3. The van der Waals surface area contributed by atoms with Crippen molar-refractivity contribution in [3.05, 3.63) is 65.7 Å². The van der Waals surface area contributed by atoms with Gasteiger partial charge in [-0.15, -0.1) is 0 Å². The molecular weight excluding hydrogens is 302 g/mol. The molecule has 0 radical (unpaired) electrons. The van der Waals surface area contributed by atoms with Crippen molar-refractivity contribution < 1.29 is 14.6 Å². The van der Waals surface area contributed by atoms with Gasteiger partial charge in [-0.25, -0.2) is 0 Å². The summed E-state index contributed by atoms with van der Waals surface area (Å²) in [6.07, 6.45) is -0.640. The van der Waals surface area contributed by atoms with Gasteiger partial charge in [0.25, 0.3) is 5.91 Å². The quantitative estimate of drug-likeness (QED) is 0.881. The lowest BCUT2D eigenvalue weighted by Crippen LogP contribution is -2.39. The summed E-state index contributed by atoms with van der Waals surface area (Å²) in [6.45, 7) is 5.75. The van der Waals surface area contributed by atoms with Gasteiger partial charge in [-0.05, 0) is 50.6 Å². The predicted molar refractivity (Wildman–Crippen MR) is 95.2 cm³/mol. The van der Waals surface area contributed by atoms with Crippen molar-refractivity contribution >= 4 is 5.91 Å². The van der Waals surface area contributed by atoms with E-state index in [4.69, 9.17) is 4.74 Å². The summed E-state index contributed by atoms with van der Waals surface area (Å²) in [4.78, 5) is 14.2. The molecule has 1 amide bonds. The van der Waals surface area contributed by atoms with E-state index in [-0.39, 0.29) is 18.1 Å².